The Kier molecular flexibility index (Phi) is 6.80. The Bertz CT molecular complexity index is 174. The van der Waals surface area contributed by atoms with E-state index < -0.39 is 21.9 Å². The van der Waals surface area contributed by atoms with E-state index in [9.17, 15) is 4.79 Å². The van der Waals surface area contributed by atoms with Gasteiger partial charge in [0.05, 0.1) is 0 Å². The van der Waals surface area contributed by atoms with Gasteiger partial charge in [0.1, 0.15) is 0 Å². The van der Waals surface area contributed by atoms with Gasteiger partial charge >= 0.3 is 90.2 Å². The minimum atomic E-state index is -2.35. The third-order valence-electron chi connectivity index (χ3n) is 1.20. The Balaban J connectivity index is 3.74. The van der Waals surface area contributed by atoms with Crippen molar-refractivity contribution in [1.29, 1.82) is 0 Å². The third kappa shape index (κ3) is 7.90. The van der Waals surface area contributed by atoms with Crippen LogP contribution in [-0.2, 0) is 9.53 Å². The van der Waals surface area contributed by atoms with Crippen LogP contribution < -0.4 is 5.73 Å². The summed E-state index contributed by atoms with van der Waals surface area (Å²) >= 11 is -2.35. The first kappa shape index (κ1) is 13.9. The van der Waals surface area contributed by atoms with Crippen molar-refractivity contribution in [3.8, 4) is 0 Å². The molecular weight excluding hydrogens is 316 g/mol. The summed E-state index contributed by atoms with van der Waals surface area (Å²) < 4.78 is 4.77. The first-order valence-electron chi connectivity index (χ1n) is 4.12. The van der Waals surface area contributed by atoms with Crippen LogP contribution in [0.25, 0.3) is 0 Å². The predicted molar refractivity (Wildman–Crippen MR) is 60.4 cm³/mol. The second-order valence-electron chi connectivity index (χ2n) is 3.03. The summed E-state index contributed by atoms with van der Waals surface area (Å²) in [5, 5.41) is 0. The summed E-state index contributed by atoms with van der Waals surface area (Å²) in [6.45, 7) is 2.15. The topological polar surface area (TPSA) is 52.3 Å². The summed E-state index contributed by atoms with van der Waals surface area (Å²) in [5.41, 5.74) is 5.59. The molecule has 1 atom stereocenters. The molecule has 0 saturated carbocycles. The summed E-state index contributed by atoms with van der Waals surface area (Å²) in [5.74, 6) is 0.244. The molecule has 0 rings (SSSR count). The van der Waals surface area contributed by atoms with E-state index in [0.717, 1.165) is 0 Å². The maximum atomic E-state index is 11.1. The molecule has 13 heavy (non-hydrogen) atoms. The molecule has 0 amide bonds. The molecule has 0 radical (unpaired) electrons. The van der Waals surface area contributed by atoms with Crippen molar-refractivity contribution in [3.63, 3.8) is 0 Å². The normalized spacial score (nSPS) is 13.9. The zero-order valence-corrected chi connectivity index (χ0v) is 12.6. The van der Waals surface area contributed by atoms with E-state index in [1.165, 1.54) is 0 Å². The van der Waals surface area contributed by atoms with Crippen LogP contribution in [0.1, 0.15) is 6.92 Å². The van der Waals surface area contributed by atoms with E-state index in [1.54, 1.807) is 15.9 Å². The van der Waals surface area contributed by atoms with Crippen LogP contribution in [0.5, 0.6) is 0 Å². The van der Waals surface area contributed by atoms with Gasteiger partial charge in [-0.2, -0.15) is 0 Å². The first-order chi connectivity index (χ1) is 5.87. The Labute approximate surface area is 89.8 Å². The van der Waals surface area contributed by atoms with Gasteiger partial charge in [0, 0.05) is 0 Å². The average molecular weight is 332 g/mol. The molecule has 0 aliphatic heterocycles. The number of rotatable bonds is 5. The molecule has 0 aromatic heterocycles. The number of carbonyl (C=O) groups excluding carboxylic acids is 1. The number of hydrogen-bond donors (Lipinski definition) is 1. The zero-order valence-electron chi connectivity index (χ0n) is 8.17. The quantitative estimate of drug-likeness (QED) is 0.613. The molecule has 1 unspecified atom stereocenters. The summed E-state index contributed by atoms with van der Waals surface area (Å²) in [6.07, 6.45) is 0. The Morgan fingerprint density at radius 3 is 2.62 bits per heavy atom. The molecular formula is C7H16ClNO2SSn. The molecule has 0 aromatic carbocycles. The molecule has 3 nitrogen and oxygen atoms in total. The van der Waals surface area contributed by atoms with Crippen molar-refractivity contribution in [1.82, 2.24) is 0 Å². The number of ether oxygens (including phenoxy) is 1. The van der Waals surface area contributed by atoms with Crippen LogP contribution in [0.3, 0.4) is 0 Å². The monoisotopic (exact) mass is 333 g/mol. The van der Waals surface area contributed by atoms with Crippen molar-refractivity contribution in [2.45, 2.75) is 22.8 Å². The second kappa shape index (κ2) is 6.37. The first-order valence-corrected chi connectivity index (χ1v) is 17.9. The summed E-state index contributed by atoms with van der Waals surface area (Å²) in [7, 11) is 7.77. The summed E-state index contributed by atoms with van der Waals surface area (Å²) in [6, 6.07) is -0.528. The van der Waals surface area contributed by atoms with Crippen molar-refractivity contribution < 1.29 is 9.53 Å². The van der Waals surface area contributed by atoms with Gasteiger partial charge in [-0.05, 0) is 0 Å². The average Bonchev–Trinajstić information content (AvgIpc) is 1.99. The van der Waals surface area contributed by atoms with E-state index in [0.29, 0.717) is 12.4 Å². The van der Waals surface area contributed by atoms with Gasteiger partial charge in [0.25, 0.3) is 0 Å². The summed E-state index contributed by atoms with van der Waals surface area (Å²) in [4.78, 5) is 15.2. The van der Waals surface area contributed by atoms with Gasteiger partial charge in [0.2, 0.25) is 0 Å². The molecule has 0 spiro atoms. The van der Waals surface area contributed by atoms with Crippen LogP contribution in [-0.4, -0.2) is 40.2 Å². The van der Waals surface area contributed by atoms with Gasteiger partial charge in [-0.1, -0.05) is 0 Å². The van der Waals surface area contributed by atoms with Gasteiger partial charge in [-0.3, -0.25) is 0 Å². The Hall–Kier alpha value is 0.869. The van der Waals surface area contributed by atoms with Crippen LogP contribution in [0, 0.1) is 0 Å². The predicted octanol–water partition coefficient (Wildman–Crippen LogP) is 1.55. The fourth-order valence-electron chi connectivity index (χ4n) is 0.605. The molecule has 0 fully saturated rings. The van der Waals surface area contributed by atoms with Gasteiger partial charge < -0.3 is 0 Å². The van der Waals surface area contributed by atoms with Gasteiger partial charge in [0.15, 0.2) is 0 Å². The van der Waals surface area contributed by atoms with E-state index in [2.05, 4.69) is 9.88 Å². The molecule has 2 N–H and O–H groups in total. The number of hydrogen-bond acceptors (Lipinski definition) is 4. The number of carbonyl (C=O) groups is 1. The molecule has 6 heteroatoms. The molecule has 0 heterocycles. The van der Waals surface area contributed by atoms with E-state index in [-0.39, 0.29) is 5.97 Å². The van der Waals surface area contributed by atoms with Gasteiger partial charge in [-0.15, -0.1) is 0 Å². The molecule has 0 aliphatic carbocycles. The van der Waals surface area contributed by atoms with Crippen molar-refractivity contribution in [2.24, 2.45) is 5.73 Å². The van der Waals surface area contributed by atoms with Crippen LogP contribution >= 0.6 is 17.9 Å². The van der Waals surface area contributed by atoms with Crippen LogP contribution in [0.2, 0.25) is 9.88 Å². The van der Waals surface area contributed by atoms with Crippen LogP contribution in [0.4, 0.5) is 0 Å². The fraction of sp³-hybridized carbons (Fsp3) is 0.857. The van der Waals surface area contributed by atoms with E-state index in [1.807, 2.05) is 0 Å². The molecule has 0 bridgehead atoms. The fourth-order valence-corrected chi connectivity index (χ4v) is 7.52. The molecule has 78 valence electrons. The number of esters is 1. The Morgan fingerprint density at radius 2 is 2.23 bits per heavy atom. The standard InChI is InChI=1S/C5H11NO2S.2CH3.ClH.Sn/c1-2-8-5(7)4(6)3-9;;;;/h4,9H,2-3,6H2,1H3;2*1H3;1H;/q;;;;+2/p-2. The van der Waals surface area contributed by atoms with Crippen LogP contribution in [0.15, 0.2) is 0 Å². The molecule has 0 saturated heterocycles. The number of halogens is 1. The van der Waals surface area contributed by atoms with Crippen molar-refractivity contribution in [3.05, 3.63) is 0 Å². The van der Waals surface area contributed by atoms with Crippen molar-refractivity contribution in [2.75, 3.05) is 12.4 Å². The second-order valence-corrected chi connectivity index (χ2v) is 28.6. The zero-order chi connectivity index (χ0) is 10.5. The van der Waals surface area contributed by atoms with E-state index in [4.69, 9.17) is 19.4 Å². The maximum absolute atomic E-state index is 11.1. The van der Waals surface area contributed by atoms with E-state index >= 15 is 0 Å². The Morgan fingerprint density at radius 1 is 1.69 bits per heavy atom. The van der Waals surface area contributed by atoms with Gasteiger partial charge in [-0.25, -0.2) is 0 Å². The molecule has 0 aliphatic rings. The SMILES string of the molecule is CCOC(=O)C(N)C[S][Sn]([CH3])([CH3])[Cl]. The molecule has 0 aromatic rings. The van der Waals surface area contributed by atoms with Crippen molar-refractivity contribution >= 4 is 39.7 Å². The minimum absolute atomic E-state index is 0.331. The number of nitrogens with two attached hydrogens (primary N) is 1. The third-order valence-corrected chi connectivity index (χ3v) is 11.9.